The molecule has 0 bridgehead atoms. The van der Waals surface area contributed by atoms with E-state index in [0.717, 1.165) is 0 Å². The third-order valence-electron chi connectivity index (χ3n) is 0. The summed E-state index contributed by atoms with van der Waals surface area (Å²) in [6, 6.07) is 0. The number of halogens is 9. The summed E-state index contributed by atoms with van der Waals surface area (Å²) >= 11 is 0. The van der Waals surface area contributed by atoms with Crippen molar-refractivity contribution in [2.24, 2.45) is 0 Å². The predicted molar refractivity (Wildman–Crippen MR) is 52.7 cm³/mol. The quantitative estimate of drug-likeness (QED) is 0.447. The van der Waals surface area contributed by atoms with E-state index < -0.39 is 0.631 Å². The van der Waals surface area contributed by atoms with E-state index in [4.69, 9.17) is 83.7 Å². The molecule has 0 aromatic rings. The van der Waals surface area contributed by atoms with Gasteiger partial charge >= 0.3 is 84.4 Å². The molecule has 0 aromatic carbocycles. The molecule has 10 heavy (non-hydrogen) atoms. The van der Waals surface area contributed by atoms with Crippen LogP contribution in [0.1, 0.15) is 0 Å². The summed E-state index contributed by atoms with van der Waals surface area (Å²) in [4.78, 5) is 0. The Balaban J connectivity index is 6.55. The third kappa shape index (κ3) is 109. The van der Waals surface area contributed by atoms with Crippen LogP contribution in [0.2, 0.25) is 0 Å². The van der Waals surface area contributed by atoms with Crippen molar-refractivity contribution in [3.8, 4) is 0 Å². The van der Waals surface area contributed by atoms with E-state index in [1.807, 2.05) is 0 Å². The van der Waals surface area contributed by atoms with Crippen LogP contribution < -0.4 is 0 Å². The summed E-state index contributed by atoms with van der Waals surface area (Å²) in [6.07, 6.45) is 0. The average Bonchev–Trinajstić information content (AvgIpc) is 0.469. The summed E-state index contributed by atoms with van der Waals surface area (Å²) in [7, 11) is 45.8. The normalized spacial score (nSPS) is 35.1. The fourth-order valence-electron chi connectivity index (χ4n) is 0. The van der Waals surface area contributed by atoms with Crippen LogP contribution in [-0.2, 0) is 0.631 Å². The Labute approximate surface area is 82.7 Å². The number of hydrogen-bond donors (Lipinski definition) is 0. The second-order valence-electron chi connectivity index (χ2n) is 2.57. The van der Waals surface area contributed by atoms with Crippen molar-refractivity contribution < 1.29 is 0.631 Å². The second-order valence-corrected chi connectivity index (χ2v) is 95.4. The number of hydrogen-bond acceptors (Lipinski definition) is 0. The Morgan fingerprint density at radius 3 is 0.400 bits per heavy atom. The van der Waals surface area contributed by atoms with E-state index in [2.05, 4.69) is 0 Å². The first-order valence-corrected chi connectivity index (χ1v) is 21.0. The van der Waals surface area contributed by atoms with Gasteiger partial charge in [0.1, 0.15) is 0 Å². The molecule has 0 nitrogen and oxygen atoms in total. The molecule has 0 aliphatic carbocycles. The van der Waals surface area contributed by atoms with Crippen molar-refractivity contribution in [2.75, 3.05) is 0 Å². The first-order valence-electron chi connectivity index (χ1n) is 1.70. The van der Waals surface area contributed by atoms with Gasteiger partial charge in [-0.2, -0.15) is 0 Å². The fourth-order valence-corrected chi connectivity index (χ4v) is 0. The maximum atomic E-state index is 5.08. The number of rotatable bonds is 0. The van der Waals surface area contributed by atoms with Gasteiger partial charge in [0.25, 0.3) is 0 Å². The second kappa shape index (κ2) is 1.02. The van der Waals surface area contributed by atoms with Crippen molar-refractivity contribution in [2.45, 2.75) is 0 Å². The van der Waals surface area contributed by atoms with E-state index >= 15 is 0 Å². The summed E-state index contributed by atoms with van der Waals surface area (Å²) in [5.41, 5.74) is 0. The van der Waals surface area contributed by atoms with Gasteiger partial charge < -0.3 is 0 Å². The fraction of sp³-hybridized carbons (Fsp3) is 0. The van der Waals surface area contributed by atoms with E-state index in [1.165, 1.54) is 0 Å². The van der Waals surface area contributed by atoms with Crippen LogP contribution in [0.3, 0.4) is 0 Å². The van der Waals surface area contributed by atoms with E-state index in [-0.39, 0.29) is 0 Å². The summed E-state index contributed by atoms with van der Waals surface area (Å²) < 4.78 is -8.53. The summed E-state index contributed by atoms with van der Waals surface area (Å²) in [5, 5.41) is 0. The van der Waals surface area contributed by atoms with Crippen molar-refractivity contribution in [1.82, 2.24) is 0 Å². The molecule has 0 N–H and O–H groups in total. The van der Waals surface area contributed by atoms with Gasteiger partial charge in [-0.15, -0.1) is 0 Å². The minimum absolute atomic E-state index is 5.08. The third-order valence-corrected chi connectivity index (χ3v) is 0. The molecule has 0 saturated heterocycles. The van der Waals surface area contributed by atoms with Crippen LogP contribution >= 0.6 is 83.7 Å². The van der Waals surface area contributed by atoms with Crippen molar-refractivity contribution >= 4 is 83.7 Å². The zero-order valence-corrected chi connectivity index (χ0v) is 12.3. The SMILES string of the molecule is [Cl][Ti]([Cl])([Cl])([Cl])([Cl])([Cl])([Cl])([Cl])[Cl]. The average molecular weight is 367 g/mol. The van der Waals surface area contributed by atoms with Gasteiger partial charge in [-0.1, -0.05) is 0 Å². The zero-order chi connectivity index (χ0) is 9.33. The van der Waals surface area contributed by atoms with Crippen LogP contribution in [0, 0.1) is 0 Å². The van der Waals surface area contributed by atoms with Crippen molar-refractivity contribution in [3.05, 3.63) is 0 Å². The molecular formula is Cl9Ti. The zero-order valence-electron chi connectivity index (χ0n) is 3.90. The molecule has 0 rings (SSSR count). The van der Waals surface area contributed by atoms with Gasteiger partial charge in [-0.05, 0) is 0 Å². The Bertz CT molecular complexity index is 191. The molecule has 0 radical (unpaired) electrons. The Kier molecular flexibility index (Phi) is 1.36. The topological polar surface area (TPSA) is 0 Å². The molecule has 0 amide bonds. The van der Waals surface area contributed by atoms with E-state index in [9.17, 15) is 0 Å². The summed E-state index contributed by atoms with van der Waals surface area (Å²) in [6.45, 7) is 0. The molecule has 0 fully saturated rings. The van der Waals surface area contributed by atoms with Gasteiger partial charge in [-0.3, -0.25) is 0 Å². The molecule has 10 heteroatoms. The van der Waals surface area contributed by atoms with Crippen LogP contribution in [0.15, 0.2) is 0 Å². The Hall–Kier alpha value is 3.32. The van der Waals surface area contributed by atoms with Crippen molar-refractivity contribution in [1.29, 1.82) is 0 Å². The molecule has 0 aliphatic rings. The van der Waals surface area contributed by atoms with Gasteiger partial charge in [-0.25, -0.2) is 0 Å². The molecule has 0 heterocycles. The molecule has 0 atom stereocenters. The van der Waals surface area contributed by atoms with Crippen LogP contribution in [0.25, 0.3) is 0 Å². The first-order chi connectivity index (χ1) is 3.00. The molecule has 0 spiro atoms. The van der Waals surface area contributed by atoms with Crippen molar-refractivity contribution in [3.63, 3.8) is 0 Å². The predicted octanol–water partition coefficient (Wildman–Crippen LogP) is 6.20. The van der Waals surface area contributed by atoms with E-state index in [0.29, 0.717) is 0 Å². The molecule has 0 saturated carbocycles. The van der Waals surface area contributed by atoms with Crippen LogP contribution in [0.4, 0.5) is 0 Å². The Morgan fingerprint density at radius 1 is 0.400 bits per heavy atom. The Morgan fingerprint density at radius 2 is 0.400 bits per heavy atom. The van der Waals surface area contributed by atoms with Gasteiger partial charge in [0, 0.05) is 0 Å². The van der Waals surface area contributed by atoms with Crippen LogP contribution in [0.5, 0.6) is 0 Å². The summed E-state index contributed by atoms with van der Waals surface area (Å²) in [5.74, 6) is 0. The van der Waals surface area contributed by atoms with Gasteiger partial charge in [0.05, 0.1) is 0 Å². The molecule has 0 unspecified atom stereocenters. The monoisotopic (exact) mass is 363 g/mol. The molecule has 0 aromatic heterocycles. The molecular weight excluding hydrogens is 367 g/mol. The maximum absolute atomic E-state index is 8.53. The first kappa shape index (κ1) is 13.3. The van der Waals surface area contributed by atoms with Gasteiger partial charge in [0.2, 0.25) is 0 Å². The molecule has 67 valence electrons. The molecule has 0 aliphatic heterocycles. The van der Waals surface area contributed by atoms with Crippen LogP contribution in [-0.4, -0.2) is 0 Å². The minimum atomic E-state index is -8.53. The van der Waals surface area contributed by atoms with Gasteiger partial charge in [0.15, 0.2) is 0 Å². The van der Waals surface area contributed by atoms with E-state index in [1.54, 1.807) is 0 Å². The standard InChI is InChI=1S/9ClH.Ti/h9*1H;/q;;;;;;;;;+9/p-9.